The van der Waals surface area contributed by atoms with E-state index in [1.807, 2.05) is 57.5 Å². The third-order valence-corrected chi connectivity index (χ3v) is 4.00. The molecule has 6 heteroatoms. The fourth-order valence-corrected chi connectivity index (χ4v) is 2.60. The SMILES string of the molecule is CN=C(NCCNC(=O)c1cccc(C)c1)N(C)Cc1cccn1C. The van der Waals surface area contributed by atoms with Gasteiger partial charge in [0.15, 0.2) is 5.96 Å². The minimum Gasteiger partial charge on any atom is -0.354 e. The molecule has 1 aromatic carbocycles. The molecule has 0 unspecified atom stereocenters. The summed E-state index contributed by atoms with van der Waals surface area (Å²) in [6.07, 6.45) is 2.03. The Labute approximate surface area is 149 Å². The summed E-state index contributed by atoms with van der Waals surface area (Å²) in [5, 5.41) is 6.19. The van der Waals surface area contributed by atoms with E-state index in [0.29, 0.717) is 18.7 Å². The van der Waals surface area contributed by atoms with Crippen molar-refractivity contribution in [2.45, 2.75) is 13.5 Å². The highest BCUT2D eigenvalue weighted by molar-refractivity contribution is 5.94. The van der Waals surface area contributed by atoms with Gasteiger partial charge in [-0.25, -0.2) is 0 Å². The molecular weight excluding hydrogens is 314 g/mol. The first-order valence-electron chi connectivity index (χ1n) is 8.38. The van der Waals surface area contributed by atoms with Gasteiger partial charge in [-0.05, 0) is 31.2 Å². The monoisotopic (exact) mass is 341 g/mol. The van der Waals surface area contributed by atoms with Crippen molar-refractivity contribution >= 4 is 11.9 Å². The quantitative estimate of drug-likeness (QED) is 0.478. The number of carbonyl (C=O) groups is 1. The van der Waals surface area contributed by atoms with Crippen molar-refractivity contribution in [3.8, 4) is 0 Å². The van der Waals surface area contributed by atoms with E-state index in [0.717, 1.165) is 18.1 Å². The molecule has 2 rings (SSSR count). The van der Waals surface area contributed by atoms with Crippen LogP contribution in [0.3, 0.4) is 0 Å². The number of benzene rings is 1. The minimum atomic E-state index is -0.0577. The maximum atomic E-state index is 12.1. The van der Waals surface area contributed by atoms with Crippen LogP contribution in [-0.4, -0.2) is 48.5 Å². The molecule has 0 aliphatic heterocycles. The molecule has 0 spiro atoms. The van der Waals surface area contributed by atoms with Crippen molar-refractivity contribution in [2.24, 2.45) is 12.0 Å². The van der Waals surface area contributed by atoms with Crippen LogP contribution in [0.1, 0.15) is 21.6 Å². The summed E-state index contributed by atoms with van der Waals surface area (Å²) < 4.78 is 2.09. The van der Waals surface area contributed by atoms with Crippen LogP contribution in [0.25, 0.3) is 0 Å². The number of rotatable bonds is 6. The van der Waals surface area contributed by atoms with E-state index in [9.17, 15) is 4.79 Å². The van der Waals surface area contributed by atoms with Crippen LogP contribution in [0.5, 0.6) is 0 Å². The molecule has 2 N–H and O–H groups in total. The lowest BCUT2D eigenvalue weighted by Crippen LogP contribution is -2.42. The number of aliphatic imine (C=N–C) groups is 1. The zero-order valence-electron chi connectivity index (χ0n) is 15.4. The summed E-state index contributed by atoms with van der Waals surface area (Å²) in [5.41, 5.74) is 2.97. The van der Waals surface area contributed by atoms with E-state index < -0.39 is 0 Å². The Morgan fingerprint density at radius 3 is 2.60 bits per heavy atom. The number of hydrogen-bond acceptors (Lipinski definition) is 2. The number of aryl methyl sites for hydroxylation is 2. The maximum absolute atomic E-state index is 12.1. The Balaban J connectivity index is 1.77. The lowest BCUT2D eigenvalue weighted by atomic mass is 10.1. The van der Waals surface area contributed by atoms with Gasteiger partial charge >= 0.3 is 0 Å². The van der Waals surface area contributed by atoms with Gasteiger partial charge < -0.3 is 20.1 Å². The first-order valence-corrected chi connectivity index (χ1v) is 8.38. The van der Waals surface area contributed by atoms with Crippen LogP contribution in [-0.2, 0) is 13.6 Å². The summed E-state index contributed by atoms with van der Waals surface area (Å²) in [5.74, 6) is 0.739. The van der Waals surface area contributed by atoms with E-state index in [1.54, 1.807) is 7.05 Å². The van der Waals surface area contributed by atoms with Crippen molar-refractivity contribution in [1.29, 1.82) is 0 Å². The molecule has 1 amide bonds. The van der Waals surface area contributed by atoms with Crippen LogP contribution >= 0.6 is 0 Å². The molecule has 6 nitrogen and oxygen atoms in total. The molecule has 1 aromatic heterocycles. The Hall–Kier alpha value is -2.76. The van der Waals surface area contributed by atoms with Crippen LogP contribution in [0.2, 0.25) is 0 Å². The predicted molar refractivity (Wildman–Crippen MR) is 102 cm³/mol. The highest BCUT2D eigenvalue weighted by Crippen LogP contribution is 2.04. The molecule has 0 aliphatic carbocycles. The van der Waals surface area contributed by atoms with E-state index in [-0.39, 0.29) is 5.91 Å². The Bertz CT molecular complexity index is 735. The fourth-order valence-electron chi connectivity index (χ4n) is 2.60. The van der Waals surface area contributed by atoms with Gasteiger partial charge in [-0.3, -0.25) is 9.79 Å². The lowest BCUT2D eigenvalue weighted by Gasteiger charge is -2.22. The normalized spacial score (nSPS) is 11.3. The van der Waals surface area contributed by atoms with Gasteiger partial charge in [0.2, 0.25) is 0 Å². The summed E-state index contributed by atoms with van der Waals surface area (Å²) in [4.78, 5) is 18.5. The Kier molecular flexibility index (Phi) is 6.62. The standard InChI is InChI=1S/C19H27N5O/c1-15-7-5-8-16(13-15)18(25)21-10-11-22-19(20-2)24(4)14-17-9-6-12-23(17)3/h5-9,12-13H,10-11,14H2,1-4H3,(H,20,22)(H,21,25). The Morgan fingerprint density at radius 2 is 1.96 bits per heavy atom. The van der Waals surface area contributed by atoms with Gasteiger partial charge in [-0.1, -0.05) is 17.7 Å². The average molecular weight is 341 g/mol. The van der Waals surface area contributed by atoms with Crippen LogP contribution < -0.4 is 10.6 Å². The van der Waals surface area contributed by atoms with Crippen LogP contribution in [0, 0.1) is 6.92 Å². The van der Waals surface area contributed by atoms with E-state index >= 15 is 0 Å². The molecule has 0 bridgehead atoms. The molecule has 134 valence electrons. The van der Waals surface area contributed by atoms with Gasteiger partial charge in [0.25, 0.3) is 5.91 Å². The van der Waals surface area contributed by atoms with Gasteiger partial charge in [0.1, 0.15) is 0 Å². The number of nitrogens with zero attached hydrogens (tertiary/aromatic N) is 3. The minimum absolute atomic E-state index is 0.0577. The van der Waals surface area contributed by atoms with Gasteiger partial charge in [0, 0.05) is 51.7 Å². The number of aromatic nitrogens is 1. The largest absolute Gasteiger partial charge is 0.354 e. The molecule has 0 saturated heterocycles. The zero-order valence-corrected chi connectivity index (χ0v) is 15.4. The van der Waals surface area contributed by atoms with E-state index in [2.05, 4.69) is 31.2 Å². The zero-order chi connectivity index (χ0) is 18.2. The second kappa shape index (κ2) is 8.92. The average Bonchev–Trinajstić information content (AvgIpc) is 2.99. The van der Waals surface area contributed by atoms with Crippen molar-refractivity contribution in [3.05, 3.63) is 59.4 Å². The van der Waals surface area contributed by atoms with Crippen LogP contribution in [0.4, 0.5) is 0 Å². The third kappa shape index (κ3) is 5.38. The molecular formula is C19H27N5O. The number of guanidine groups is 1. The molecule has 1 heterocycles. The van der Waals surface area contributed by atoms with Crippen molar-refractivity contribution in [3.63, 3.8) is 0 Å². The number of nitrogens with one attached hydrogen (secondary N) is 2. The van der Waals surface area contributed by atoms with E-state index in [1.165, 1.54) is 5.69 Å². The summed E-state index contributed by atoms with van der Waals surface area (Å²) in [6, 6.07) is 11.7. The number of hydrogen-bond donors (Lipinski definition) is 2. The highest BCUT2D eigenvalue weighted by atomic mass is 16.1. The topological polar surface area (TPSA) is 61.7 Å². The summed E-state index contributed by atoms with van der Waals surface area (Å²) in [6.45, 7) is 3.88. The van der Waals surface area contributed by atoms with Crippen molar-refractivity contribution in [2.75, 3.05) is 27.2 Å². The fraction of sp³-hybridized carbons (Fsp3) is 0.368. The third-order valence-electron chi connectivity index (χ3n) is 4.00. The molecule has 0 radical (unpaired) electrons. The molecule has 25 heavy (non-hydrogen) atoms. The predicted octanol–water partition coefficient (Wildman–Crippen LogP) is 1.77. The van der Waals surface area contributed by atoms with Crippen LogP contribution in [0.15, 0.2) is 47.6 Å². The second-order valence-electron chi connectivity index (χ2n) is 6.07. The smallest absolute Gasteiger partial charge is 0.251 e. The molecule has 0 fully saturated rings. The Morgan fingerprint density at radius 1 is 1.20 bits per heavy atom. The first-order chi connectivity index (χ1) is 12.0. The number of carbonyl (C=O) groups excluding carboxylic acids is 1. The molecule has 2 aromatic rings. The summed E-state index contributed by atoms with van der Waals surface area (Å²) in [7, 11) is 5.78. The van der Waals surface area contributed by atoms with Gasteiger partial charge in [-0.2, -0.15) is 0 Å². The number of amides is 1. The first kappa shape index (κ1) is 18.6. The van der Waals surface area contributed by atoms with E-state index in [4.69, 9.17) is 0 Å². The second-order valence-corrected chi connectivity index (χ2v) is 6.07. The highest BCUT2D eigenvalue weighted by Gasteiger charge is 2.09. The molecule has 0 saturated carbocycles. The lowest BCUT2D eigenvalue weighted by molar-refractivity contribution is 0.0954. The summed E-state index contributed by atoms with van der Waals surface area (Å²) >= 11 is 0. The molecule has 0 aliphatic rings. The van der Waals surface area contributed by atoms with Gasteiger partial charge in [0.05, 0.1) is 6.54 Å². The molecule has 0 atom stereocenters. The van der Waals surface area contributed by atoms with Crippen molar-refractivity contribution < 1.29 is 4.79 Å². The van der Waals surface area contributed by atoms with Crippen molar-refractivity contribution in [1.82, 2.24) is 20.1 Å². The van der Waals surface area contributed by atoms with Gasteiger partial charge in [-0.15, -0.1) is 0 Å². The maximum Gasteiger partial charge on any atom is 0.251 e.